The highest BCUT2D eigenvalue weighted by Crippen LogP contribution is 2.32. The molecule has 0 radical (unpaired) electrons. The molecule has 0 unspecified atom stereocenters. The molecule has 0 saturated heterocycles. The number of benzene rings is 2. The summed E-state index contributed by atoms with van der Waals surface area (Å²) in [7, 11) is 0. The van der Waals surface area contributed by atoms with Crippen LogP contribution in [0, 0.1) is 0 Å². The smallest absolute Gasteiger partial charge is 0.416 e. The third kappa shape index (κ3) is 4.25. The second-order valence-corrected chi connectivity index (χ2v) is 6.89. The Hall–Kier alpha value is -3.94. The van der Waals surface area contributed by atoms with Gasteiger partial charge in [-0.2, -0.15) is 18.3 Å². The number of nitrogens with zero attached hydrogens (tertiary/aromatic N) is 3. The molecule has 0 fully saturated rings. The van der Waals surface area contributed by atoms with E-state index in [0.29, 0.717) is 22.5 Å². The SMILES string of the molecule is CCOC(=O)C(=Cc1ccccc1)c1ccnc2c(-c3ccc(C(F)(F)F)cc3)cnn12. The molecule has 32 heavy (non-hydrogen) atoms. The van der Waals surface area contributed by atoms with Crippen LogP contribution in [0.1, 0.15) is 23.7 Å². The predicted molar refractivity (Wildman–Crippen MR) is 114 cm³/mol. The molecule has 4 aromatic rings. The predicted octanol–water partition coefficient (Wildman–Crippen LogP) is 5.52. The van der Waals surface area contributed by atoms with Crippen LogP contribution in [0.2, 0.25) is 0 Å². The Morgan fingerprint density at radius 2 is 1.78 bits per heavy atom. The minimum Gasteiger partial charge on any atom is -0.462 e. The van der Waals surface area contributed by atoms with Crippen molar-refractivity contribution in [2.45, 2.75) is 13.1 Å². The summed E-state index contributed by atoms with van der Waals surface area (Å²) in [6.07, 6.45) is 0.325. The highest BCUT2D eigenvalue weighted by Gasteiger charge is 2.30. The molecule has 4 rings (SSSR count). The lowest BCUT2D eigenvalue weighted by atomic mass is 10.1. The highest BCUT2D eigenvalue weighted by atomic mass is 19.4. The van der Waals surface area contributed by atoms with Crippen molar-refractivity contribution >= 4 is 23.3 Å². The Kier molecular flexibility index (Phi) is 5.77. The second-order valence-electron chi connectivity index (χ2n) is 6.89. The maximum atomic E-state index is 12.9. The standard InChI is InChI=1S/C24H18F3N3O2/c1-2-32-23(31)19(14-16-6-4-3-5-7-16)21-12-13-28-22-20(15-29-30(21)22)17-8-10-18(11-9-17)24(25,26)27/h3-15H,2H2,1H3. The summed E-state index contributed by atoms with van der Waals surface area (Å²) in [5, 5.41) is 4.35. The van der Waals surface area contributed by atoms with E-state index >= 15 is 0 Å². The van der Waals surface area contributed by atoms with Gasteiger partial charge in [0.2, 0.25) is 0 Å². The lowest BCUT2D eigenvalue weighted by Gasteiger charge is -2.10. The molecule has 0 N–H and O–H groups in total. The van der Waals surface area contributed by atoms with Crippen LogP contribution in [-0.2, 0) is 15.7 Å². The minimum atomic E-state index is -4.41. The van der Waals surface area contributed by atoms with Crippen molar-refractivity contribution in [2.75, 3.05) is 6.61 Å². The molecule has 0 atom stereocenters. The average Bonchev–Trinajstić information content (AvgIpc) is 3.22. The molecule has 0 bridgehead atoms. The van der Waals surface area contributed by atoms with Crippen LogP contribution in [-0.4, -0.2) is 27.2 Å². The van der Waals surface area contributed by atoms with E-state index in [1.165, 1.54) is 29.0 Å². The van der Waals surface area contributed by atoms with Gasteiger partial charge in [0.15, 0.2) is 5.65 Å². The third-order valence-corrected chi connectivity index (χ3v) is 4.81. The molecule has 0 saturated carbocycles. The fourth-order valence-corrected chi connectivity index (χ4v) is 3.30. The van der Waals surface area contributed by atoms with Crippen LogP contribution >= 0.6 is 0 Å². The zero-order valence-electron chi connectivity index (χ0n) is 17.0. The Balaban J connectivity index is 1.82. The van der Waals surface area contributed by atoms with Gasteiger partial charge in [0, 0.05) is 11.8 Å². The van der Waals surface area contributed by atoms with E-state index in [0.717, 1.165) is 17.7 Å². The molecule has 8 heteroatoms. The monoisotopic (exact) mass is 437 g/mol. The zero-order chi connectivity index (χ0) is 22.7. The summed E-state index contributed by atoms with van der Waals surface area (Å²) >= 11 is 0. The van der Waals surface area contributed by atoms with Crippen LogP contribution < -0.4 is 0 Å². The van der Waals surface area contributed by atoms with Crippen LogP contribution in [0.15, 0.2) is 73.1 Å². The molecular formula is C24H18F3N3O2. The molecule has 0 aliphatic carbocycles. The number of hydrogen-bond donors (Lipinski definition) is 0. The number of hydrogen-bond acceptors (Lipinski definition) is 4. The molecular weight excluding hydrogens is 419 g/mol. The summed E-state index contributed by atoms with van der Waals surface area (Å²) in [6, 6.07) is 15.7. The maximum Gasteiger partial charge on any atom is 0.416 e. The van der Waals surface area contributed by atoms with E-state index in [1.807, 2.05) is 30.3 Å². The van der Waals surface area contributed by atoms with Gasteiger partial charge < -0.3 is 4.74 Å². The molecule has 2 aromatic heterocycles. The summed E-state index contributed by atoms with van der Waals surface area (Å²) in [6.45, 7) is 1.92. The molecule has 0 aliphatic heterocycles. The first-order valence-electron chi connectivity index (χ1n) is 9.83. The number of halogens is 3. The highest BCUT2D eigenvalue weighted by molar-refractivity contribution is 6.21. The minimum absolute atomic E-state index is 0.203. The van der Waals surface area contributed by atoms with Crippen molar-refractivity contribution < 1.29 is 22.7 Å². The van der Waals surface area contributed by atoms with Gasteiger partial charge in [-0.15, -0.1) is 0 Å². The molecule has 0 spiro atoms. The van der Waals surface area contributed by atoms with Crippen LogP contribution in [0.5, 0.6) is 0 Å². The Labute approximate surface area is 181 Å². The summed E-state index contributed by atoms with van der Waals surface area (Å²) in [5.41, 5.74) is 2.29. The quantitative estimate of drug-likeness (QED) is 0.305. The van der Waals surface area contributed by atoms with Crippen molar-refractivity contribution in [3.05, 3.63) is 89.9 Å². The third-order valence-electron chi connectivity index (χ3n) is 4.81. The first-order chi connectivity index (χ1) is 15.4. The van der Waals surface area contributed by atoms with Crippen molar-refractivity contribution in [1.29, 1.82) is 0 Å². The summed E-state index contributed by atoms with van der Waals surface area (Å²) in [4.78, 5) is 17.1. The summed E-state index contributed by atoms with van der Waals surface area (Å²) in [5.74, 6) is -0.518. The van der Waals surface area contributed by atoms with Crippen LogP contribution in [0.25, 0.3) is 28.4 Å². The normalized spacial score (nSPS) is 12.2. The summed E-state index contributed by atoms with van der Waals surface area (Å²) < 4.78 is 45.4. The van der Waals surface area contributed by atoms with Crippen molar-refractivity contribution in [1.82, 2.24) is 14.6 Å². The zero-order valence-corrected chi connectivity index (χ0v) is 17.0. The van der Waals surface area contributed by atoms with Gasteiger partial charge >= 0.3 is 12.1 Å². The van der Waals surface area contributed by atoms with Gasteiger partial charge in [0.05, 0.1) is 29.6 Å². The van der Waals surface area contributed by atoms with E-state index in [2.05, 4.69) is 10.1 Å². The second kappa shape index (κ2) is 8.66. The first kappa shape index (κ1) is 21.3. The van der Waals surface area contributed by atoms with Gasteiger partial charge in [0.25, 0.3) is 0 Å². The molecule has 2 aromatic carbocycles. The van der Waals surface area contributed by atoms with E-state index < -0.39 is 17.7 Å². The maximum absolute atomic E-state index is 12.9. The van der Waals surface area contributed by atoms with E-state index in [1.54, 1.807) is 19.1 Å². The fraction of sp³-hybridized carbons (Fsp3) is 0.125. The number of esters is 1. The molecule has 0 aliphatic rings. The average molecular weight is 437 g/mol. The number of carbonyl (C=O) groups is 1. The van der Waals surface area contributed by atoms with E-state index in [9.17, 15) is 18.0 Å². The first-order valence-corrected chi connectivity index (χ1v) is 9.83. The van der Waals surface area contributed by atoms with Gasteiger partial charge in [-0.25, -0.2) is 14.3 Å². The van der Waals surface area contributed by atoms with Gasteiger partial charge in [0.1, 0.15) is 0 Å². The fourth-order valence-electron chi connectivity index (χ4n) is 3.30. The van der Waals surface area contributed by atoms with Crippen LogP contribution in [0.4, 0.5) is 13.2 Å². The number of alkyl halides is 3. The molecule has 2 heterocycles. The molecule has 5 nitrogen and oxygen atoms in total. The number of aromatic nitrogens is 3. The Morgan fingerprint density at radius 3 is 2.44 bits per heavy atom. The van der Waals surface area contributed by atoms with Gasteiger partial charge in [-0.1, -0.05) is 42.5 Å². The molecule has 0 amide bonds. The Morgan fingerprint density at radius 1 is 1.06 bits per heavy atom. The van der Waals surface area contributed by atoms with Gasteiger partial charge in [-0.05, 0) is 42.3 Å². The molecule has 162 valence electrons. The largest absolute Gasteiger partial charge is 0.462 e. The Bertz CT molecular complexity index is 1280. The van der Waals surface area contributed by atoms with Gasteiger partial charge in [-0.3, -0.25) is 0 Å². The number of ether oxygens (including phenoxy) is 1. The topological polar surface area (TPSA) is 56.5 Å². The van der Waals surface area contributed by atoms with Crippen molar-refractivity contribution in [3.8, 4) is 11.1 Å². The van der Waals surface area contributed by atoms with Crippen molar-refractivity contribution in [2.24, 2.45) is 0 Å². The number of carbonyl (C=O) groups excluding carboxylic acids is 1. The van der Waals surface area contributed by atoms with Crippen LogP contribution in [0.3, 0.4) is 0 Å². The number of rotatable bonds is 5. The van der Waals surface area contributed by atoms with E-state index in [4.69, 9.17) is 4.74 Å². The number of fused-ring (bicyclic) bond motifs is 1. The van der Waals surface area contributed by atoms with Crippen molar-refractivity contribution in [3.63, 3.8) is 0 Å². The van der Waals surface area contributed by atoms with E-state index in [-0.39, 0.29) is 12.2 Å². The lowest BCUT2D eigenvalue weighted by Crippen LogP contribution is -2.11. The lowest BCUT2D eigenvalue weighted by molar-refractivity contribution is -0.138.